The Balaban J connectivity index is 2.20. The molecule has 0 spiro atoms. The van der Waals surface area contributed by atoms with Crippen molar-refractivity contribution in [2.24, 2.45) is 0 Å². The average molecular weight is 215 g/mol. The SMILES string of the molecule is Cc1cc(Nc2ccc(O)cc2)ccc1O. The van der Waals surface area contributed by atoms with E-state index < -0.39 is 0 Å². The molecule has 16 heavy (non-hydrogen) atoms. The Bertz CT molecular complexity index is 492. The Morgan fingerprint density at radius 2 is 1.50 bits per heavy atom. The van der Waals surface area contributed by atoms with Crippen LogP contribution in [0.5, 0.6) is 11.5 Å². The van der Waals surface area contributed by atoms with Crippen molar-refractivity contribution in [2.75, 3.05) is 5.32 Å². The zero-order valence-corrected chi connectivity index (χ0v) is 8.94. The topological polar surface area (TPSA) is 52.5 Å². The lowest BCUT2D eigenvalue weighted by Gasteiger charge is -2.08. The second kappa shape index (κ2) is 4.14. The zero-order chi connectivity index (χ0) is 11.5. The number of benzene rings is 2. The third kappa shape index (κ3) is 2.25. The van der Waals surface area contributed by atoms with Gasteiger partial charge in [0.2, 0.25) is 0 Å². The largest absolute Gasteiger partial charge is 0.508 e. The number of hydrogen-bond donors (Lipinski definition) is 3. The Kier molecular flexibility index (Phi) is 2.68. The predicted octanol–water partition coefficient (Wildman–Crippen LogP) is 3.15. The highest BCUT2D eigenvalue weighted by molar-refractivity contribution is 5.62. The average Bonchev–Trinajstić information content (AvgIpc) is 2.27. The van der Waals surface area contributed by atoms with Gasteiger partial charge in [0.25, 0.3) is 0 Å². The molecule has 0 saturated heterocycles. The van der Waals surface area contributed by atoms with E-state index in [-0.39, 0.29) is 11.5 Å². The van der Waals surface area contributed by atoms with E-state index >= 15 is 0 Å². The van der Waals surface area contributed by atoms with E-state index in [4.69, 9.17) is 5.11 Å². The smallest absolute Gasteiger partial charge is 0.118 e. The molecule has 0 aliphatic carbocycles. The molecule has 0 aromatic heterocycles. The maximum Gasteiger partial charge on any atom is 0.118 e. The lowest BCUT2D eigenvalue weighted by atomic mass is 10.2. The molecule has 0 saturated carbocycles. The van der Waals surface area contributed by atoms with Crippen LogP contribution in [0, 0.1) is 6.92 Å². The fourth-order valence-electron chi connectivity index (χ4n) is 1.44. The molecule has 3 nitrogen and oxygen atoms in total. The minimum Gasteiger partial charge on any atom is -0.508 e. The maximum atomic E-state index is 9.39. The van der Waals surface area contributed by atoms with Gasteiger partial charge in [0.1, 0.15) is 11.5 Å². The first kappa shape index (κ1) is 10.4. The van der Waals surface area contributed by atoms with Crippen molar-refractivity contribution in [1.29, 1.82) is 0 Å². The van der Waals surface area contributed by atoms with Gasteiger partial charge >= 0.3 is 0 Å². The summed E-state index contributed by atoms with van der Waals surface area (Å²) >= 11 is 0. The van der Waals surface area contributed by atoms with Gasteiger partial charge < -0.3 is 15.5 Å². The number of aromatic hydroxyl groups is 2. The first-order valence-electron chi connectivity index (χ1n) is 5.01. The standard InChI is InChI=1S/C13H13NO2/c1-9-8-11(4-7-13(9)16)14-10-2-5-12(15)6-3-10/h2-8,14-16H,1H3. The molecule has 0 bridgehead atoms. The van der Waals surface area contributed by atoms with E-state index in [0.717, 1.165) is 16.9 Å². The molecule has 0 heterocycles. The van der Waals surface area contributed by atoms with Crippen LogP contribution in [-0.2, 0) is 0 Å². The summed E-state index contributed by atoms with van der Waals surface area (Å²) in [5.41, 5.74) is 2.62. The van der Waals surface area contributed by atoms with Crippen molar-refractivity contribution in [2.45, 2.75) is 6.92 Å². The lowest BCUT2D eigenvalue weighted by Crippen LogP contribution is -1.90. The summed E-state index contributed by atoms with van der Waals surface area (Å²) in [5, 5.41) is 21.7. The van der Waals surface area contributed by atoms with Gasteiger partial charge in [-0.3, -0.25) is 0 Å². The number of hydrogen-bond acceptors (Lipinski definition) is 3. The summed E-state index contributed by atoms with van der Waals surface area (Å²) < 4.78 is 0. The molecule has 2 aromatic rings. The maximum absolute atomic E-state index is 9.39. The third-order valence-electron chi connectivity index (χ3n) is 2.35. The Morgan fingerprint density at radius 1 is 0.875 bits per heavy atom. The number of phenolic OH excluding ortho intramolecular Hbond substituents is 2. The second-order valence-corrected chi connectivity index (χ2v) is 3.67. The van der Waals surface area contributed by atoms with Gasteiger partial charge in [0.15, 0.2) is 0 Å². The molecular formula is C13H13NO2. The Labute approximate surface area is 94.0 Å². The highest BCUT2D eigenvalue weighted by Gasteiger charge is 1.98. The van der Waals surface area contributed by atoms with E-state index in [0.29, 0.717) is 0 Å². The highest BCUT2D eigenvalue weighted by atomic mass is 16.3. The summed E-state index contributed by atoms with van der Waals surface area (Å²) in [7, 11) is 0. The highest BCUT2D eigenvalue weighted by Crippen LogP contribution is 2.24. The third-order valence-corrected chi connectivity index (χ3v) is 2.35. The van der Waals surface area contributed by atoms with E-state index in [1.807, 2.05) is 13.0 Å². The summed E-state index contributed by atoms with van der Waals surface area (Å²) in [4.78, 5) is 0. The number of rotatable bonds is 2. The fraction of sp³-hybridized carbons (Fsp3) is 0.0769. The molecule has 3 N–H and O–H groups in total. The van der Waals surface area contributed by atoms with Gasteiger partial charge in [0.05, 0.1) is 0 Å². The van der Waals surface area contributed by atoms with E-state index in [2.05, 4.69) is 5.32 Å². The van der Waals surface area contributed by atoms with Crippen LogP contribution < -0.4 is 5.32 Å². The first-order valence-corrected chi connectivity index (χ1v) is 5.01. The predicted molar refractivity (Wildman–Crippen MR) is 64.2 cm³/mol. The van der Waals surface area contributed by atoms with Gasteiger partial charge in [-0.25, -0.2) is 0 Å². The Hall–Kier alpha value is -2.16. The van der Waals surface area contributed by atoms with E-state index in [9.17, 15) is 5.11 Å². The second-order valence-electron chi connectivity index (χ2n) is 3.67. The molecular weight excluding hydrogens is 202 g/mol. The van der Waals surface area contributed by atoms with Crippen molar-refractivity contribution in [3.63, 3.8) is 0 Å². The van der Waals surface area contributed by atoms with Crippen molar-refractivity contribution in [3.05, 3.63) is 48.0 Å². The van der Waals surface area contributed by atoms with E-state index in [1.54, 1.807) is 36.4 Å². The number of aryl methyl sites for hydroxylation is 1. The molecule has 0 atom stereocenters. The molecule has 0 fully saturated rings. The van der Waals surface area contributed by atoms with Crippen molar-refractivity contribution in [1.82, 2.24) is 0 Å². The van der Waals surface area contributed by atoms with Crippen LogP contribution in [0.3, 0.4) is 0 Å². The van der Waals surface area contributed by atoms with Gasteiger partial charge in [-0.05, 0) is 55.0 Å². The van der Waals surface area contributed by atoms with Gasteiger partial charge in [-0.2, -0.15) is 0 Å². The summed E-state index contributed by atoms with van der Waals surface area (Å²) in [5.74, 6) is 0.531. The quantitative estimate of drug-likeness (QED) is 0.674. The van der Waals surface area contributed by atoms with Crippen LogP contribution in [0.2, 0.25) is 0 Å². The zero-order valence-electron chi connectivity index (χ0n) is 8.94. The van der Waals surface area contributed by atoms with Gasteiger partial charge in [-0.1, -0.05) is 0 Å². The molecule has 0 amide bonds. The minimum absolute atomic E-state index is 0.243. The molecule has 0 radical (unpaired) electrons. The monoisotopic (exact) mass is 215 g/mol. The van der Waals surface area contributed by atoms with Crippen molar-refractivity contribution >= 4 is 11.4 Å². The first-order chi connectivity index (χ1) is 7.65. The molecule has 0 aliphatic rings. The molecule has 3 heteroatoms. The van der Waals surface area contributed by atoms with Crippen LogP contribution >= 0.6 is 0 Å². The van der Waals surface area contributed by atoms with Crippen molar-refractivity contribution in [3.8, 4) is 11.5 Å². The van der Waals surface area contributed by atoms with Gasteiger partial charge in [-0.15, -0.1) is 0 Å². The minimum atomic E-state index is 0.243. The summed E-state index contributed by atoms with van der Waals surface area (Å²) in [6.45, 7) is 1.84. The van der Waals surface area contributed by atoms with E-state index in [1.165, 1.54) is 0 Å². The normalized spacial score (nSPS) is 10.1. The molecule has 0 aliphatic heterocycles. The van der Waals surface area contributed by atoms with Crippen LogP contribution in [0.25, 0.3) is 0 Å². The van der Waals surface area contributed by atoms with Gasteiger partial charge in [0, 0.05) is 11.4 Å². The summed E-state index contributed by atoms with van der Waals surface area (Å²) in [6.07, 6.45) is 0. The van der Waals surface area contributed by atoms with Crippen LogP contribution in [0.1, 0.15) is 5.56 Å². The van der Waals surface area contributed by atoms with Crippen LogP contribution in [0.15, 0.2) is 42.5 Å². The lowest BCUT2D eigenvalue weighted by molar-refractivity contribution is 0.471. The number of phenols is 2. The molecule has 82 valence electrons. The Morgan fingerprint density at radius 3 is 2.12 bits per heavy atom. The van der Waals surface area contributed by atoms with Crippen LogP contribution in [-0.4, -0.2) is 10.2 Å². The molecule has 0 unspecified atom stereocenters. The van der Waals surface area contributed by atoms with Crippen molar-refractivity contribution < 1.29 is 10.2 Å². The number of anilines is 2. The fourth-order valence-corrected chi connectivity index (χ4v) is 1.44. The molecule has 2 rings (SSSR count). The summed E-state index contributed by atoms with van der Waals surface area (Å²) in [6, 6.07) is 12.1. The molecule has 2 aromatic carbocycles. The van der Waals surface area contributed by atoms with Crippen LogP contribution in [0.4, 0.5) is 11.4 Å². The number of nitrogens with one attached hydrogen (secondary N) is 1.